The third-order valence-corrected chi connectivity index (χ3v) is 5.21. The Balaban J connectivity index is 1.52. The van der Waals surface area contributed by atoms with E-state index in [0.29, 0.717) is 12.2 Å². The van der Waals surface area contributed by atoms with Crippen molar-refractivity contribution in [3.8, 4) is 5.75 Å². The molecular weight excluding hydrogens is 370 g/mol. The lowest BCUT2D eigenvalue weighted by atomic mass is 10.2. The summed E-state index contributed by atoms with van der Waals surface area (Å²) in [6.07, 6.45) is 2.67. The average Bonchev–Trinajstić information content (AvgIpc) is 3.10. The van der Waals surface area contributed by atoms with Crippen molar-refractivity contribution in [3.05, 3.63) is 47.8 Å². The molecule has 0 saturated carbocycles. The largest absolute Gasteiger partial charge is 0.506 e. The van der Waals surface area contributed by atoms with Gasteiger partial charge in [-0.25, -0.2) is 4.98 Å². The normalized spacial score (nSPS) is 15.1. The number of nitrogens with zero attached hydrogens (tertiary/aromatic N) is 4. The minimum atomic E-state index is -0.0217. The highest BCUT2D eigenvalue weighted by Gasteiger charge is 2.14. The summed E-state index contributed by atoms with van der Waals surface area (Å²) in [4.78, 5) is 11.4. The van der Waals surface area contributed by atoms with E-state index >= 15 is 0 Å². The highest BCUT2D eigenvalue weighted by Crippen LogP contribution is 2.24. The minimum absolute atomic E-state index is 0.0217. The number of nitrogens with one attached hydrogen (secondary N) is 1. The van der Waals surface area contributed by atoms with Crippen LogP contribution in [0.15, 0.2) is 36.5 Å². The van der Waals surface area contributed by atoms with E-state index in [-0.39, 0.29) is 12.4 Å². The molecule has 2 aromatic heterocycles. The van der Waals surface area contributed by atoms with Crippen LogP contribution in [0.5, 0.6) is 5.75 Å². The van der Waals surface area contributed by atoms with E-state index < -0.39 is 0 Å². The SMILES string of the molecule is OCc1ccc2c(c1)nc(NCCCN1CCOCC1)n2Cc1ncccc1O. The van der Waals surface area contributed by atoms with Gasteiger partial charge in [-0.1, -0.05) is 6.07 Å². The number of fused-ring (bicyclic) bond motifs is 1. The van der Waals surface area contributed by atoms with Crippen molar-refractivity contribution >= 4 is 17.0 Å². The number of imidazole rings is 1. The van der Waals surface area contributed by atoms with Gasteiger partial charge in [0.15, 0.2) is 0 Å². The zero-order chi connectivity index (χ0) is 20.1. The van der Waals surface area contributed by atoms with Crippen LogP contribution in [-0.4, -0.2) is 69.0 Å². The fraction of sp³-hybridized carbons (Fsp3) is 0.429. The molecule has 1 aliphatic heterocycles. The van der Waals surface area contributed by atoms with Gasteiger partial charge in [0, 0.05) is 25.8 Å². The van der Waals surface area contributed by atoms with Crippen molar-refractivity contribution in [2.75, 3.05) is 44.7 Å². The van der Waals surface area contributed by atoms with Gasteiger partial charge in [-0.2, -0.15) is 0 Å². The minimum Gasteiger partial charge on any atom is -0.506 e. The van der Waals surface area contributed by atoms with E-state index in [1.807, 2.05) is 22.8 Å². The maximum atomic E-state index is 10.1. The van der Waals surface area contributed by atoms with Gasteiger partial charge in [0.25, 0.3) is 0 Å². The first-order chi connectivity index (χ1) is 14.2. The van der Waals surface area contributed by atoms with E-state index in [1.54, 1.807) is 18.3 Å². The van der Waals surface area contributed by atoms with Gasteiger partial charge >= 0.3 is 0 Å². The maximum Gasteiger partial charge on any atom is 0.204 e. The molecular formula is C21H27N5O3. The number of anilines is 1. The topological polar surface area (TPSA) is 95.7 Å². The summed E-state index contributed by atoms with van der Waals surface area (Å²) in [5, 5.41) is 23.0. The van der Waals surface area contributed by atoms with Crippen LogP contribution in [0.1, 0.15) is 17.7 Å². The number of morpholine rings is 1. The van der Waals surface area contributed by atoms with Gasteiger partial charge < -0.3 is 24.8 Å². The molecule has 0 atom stereocenters. The molecule has 3 aromatic rings. The van der Waals surface area contributed by atoms with Crippen LogP contribution in [0.25, 0.3) is 11.0 Å². The second-order valence-corrected chi connectivity index (χ2v) is 7.21. The van der Waals surface area contributed by atoms with Crippen LogP contribution in [0.4, 0.5) is 5.95 Å². The molecule has 0 radical (unpaired) electrons. The maximum absolute atomic E-state index is 10.1. The van der Waals surface area contributed by atoms with Crippen LogP contribution in [0.2, 0.25) is 0 Å². The highest BCUT2D eigenvalue weighted by atomic mass is 16.5. The third-order valence-electron chi connectivity index (χ3n) is 5.21. The highest BCUT2D eigenvalue weighted by molar-refractivity contribution is 5.79. The molecule has 8 heteroatoms. The Bertz CT molecular complexity index is 953. The number of aromatic nitrogens is 3. The zero-order valence-corrected chi connectivity index (χ0v) is 16.4. The molecule has 1 aromatic carbocycles. The molecule has 4 rings (SSSR count). The number of pyridine rings is 1. The van der Waals surface area contributed by atoms with Crippen LogP contribution in [0, 0.1) is 0 Å². The van der Waals surface area contributed by atoms with Gasteiger partial charge in [-0.05, 0) is 42.8 Å². The van der Waals surface area contributed by atoms with Gasteiger partial charge in [0.05, 0.1) is 37.4 Å². The van der Waals surface area contributed by atoms with E-state index in [2.05, 4.69) is 15.2 Å². The van der Waals surface area contributed by atoms with Crippen LogP contribution < -0.4 is 5.32 Å². The Morgan fingerprint density at radius 1 is 1.17 bits per heavy atom. The zero-order valence-electron chi connectivity index (χ0n) is 16.4. The number of hydrogen-bond donors (Lipinski definition) is 3. The van der Waals surface area contributed by atoms with Gasteiger partial charge in [-0.3, -0.25) is 9.88 Å². The number of rotatable bonds is 8. The predicted octanol–water partition coefficient (Wildman–Crippen LogP) is 1.81. The van der Waals surface area contributed by atoms with Gasteiger partial charge in [0.1, 0.15) is 11.4 Å². The summed E-state index contributed by atoms with van der Waals surface area (Å²) in [5.74, 6) is 0.904. The third kappa shape index (κ3) is 4.67. The van der Waals surface area contributed by atoms with Crippen molar-refractivity contribution in [2.45, 2.75) is 19.6 Å². The first-order valence-electron chi connectivity index (χ1n) is 10.0. The standard InChI is InChI=1S/C21H27N5O3/c27-15-16-4-5-19-17(13-16)24-21(23-7-2-8-25-9-11-29-12-10-25)26(19)14-18-20(28)3-1-6-22-18/h1,3-6,13,27-28H,2,7-12,14-15H2,(H,23,24). The predicted molar refractivity (Wildman–Crippen MR) is 111 cm³/mol. The lowest BCUT2D eigenvalue weighted by molar-refractivity contribution is 0.0378. The lowest BCUT2D eigenvalue weighted by Crippen LogP contribution is -2.37. The number of aliphatic hydroxyl groups is 1. The summed E-state index contributed by atoms with van der Waals surface area (Å²) in [6.45, 7) is 5.80. The molecule has 0 unspecified atom stereocenters. The number of ether oxygens (including phenoxy) is 1. The number of aromatic hydroxyl groups is 1. The van der Waals surface area contributed by atoms with Gasteiger partial charge in [0.2, 0.25) is 5.95 Å². The molecule has 154 valence electrons. The van der Waals surface area contributed by atoms with Crippen molar-refractivity contribution in [2.24, 2.45) is 0 Å². The lowest BCUT2D eigenvalue weighted by Gasteiger charge is -2.26. The Morgan fingerprint density at radius 2 is 2.03 bits per heavy atom. The Labute approximate surface area is 169 Å². The molecule has 29 heavy (non-hydrogen) atoms. The number of aliphatic hydroxyl groups excluding tert-OH is 1. The molecule has 0 amide bonds. The summed E-state index contributed by atoms with van der Waals surface area (Å²) in [7, 11) is 0. The molecule has 1 saturated heterocycles. The fourth-order valence-corrected chi connectivity index (χ4v) is 3.60. The van der Waals surface area contributed by atoms with Crippen molar-refractivity contribution in [1.82, 2.24) is 19.4 Å². The first-order valence-corrected chi connectivity index (χ1v) is 10.0. The Hall–Kier alpha value is -2.68. The average molecular weight is 397 g/mol. The van der Waals surface area contributed by atoms with E-state index in [4.69, 9.17) is 9.72 Å². The van der Waals surface area contributed by atoms with Crippen molar-refractivity contribution in [1.29, 1.82) is 0 Å². The summed E-state index contributed by atoms with van der Waals surface area (Å²) < 4.78 is 7.42. The smallest absolute Gasteiger partial charge is 0.204 e. The molecule has 3 heterocycles. The second-order valence-electron chi connectivity index (χ2n) is 7.21. The Kier molecular flexibility index (Phi) is 6.24. The molecule has 0 bridgehead atoms. The van der Waals surface area contributed by atoms with E-state index in [1.165, 1.54) is 0 Å². The molecule has 3 N–H and O–H groups in total. The summed E-state index contributed by atoms with van der Waals surface area (Å²) in [6, 6.07) is 9.08. The fourth-order valence-electron chi connectivity index (χ4n) is 3.60. The van der Waals surface area contributed by atoms with E-state index in [9.17, 15) is 10.2 Å². The Morgan fingerprint density at radius 3 is 2.83 bits per heavy atom. The molecule has 1 fully saturated rings. The molecule has 0 aliphatic carbocycles. The second kappa shape index (κ2) is 9.21. The van der Waals surface area contributed by atoms with Crippen molar-refractivity contribution < 1.29 is 14.9 Å². The summed E-state index contributed by atoms with van der Waals surface area (Å²) >= 11 is 0. The van der Waals surface area contributed by atoms with E-state index in [0.717, 1.165) is 68.4 Å². The molecule has 8 nitrogen and oxygen atoms in total. The van der Waals surface area contributed by atoms with Crippen LogP contribution in [0.3, 0.4) is 0 Å². The quantitative estimate of drug-likeness (QED) is 0.499. The summed E-state index contributed by atoms with van der Waals surface area (Å²) in [5.41, 5.74) is 3.15. The van der Waals surface area contributed by atoms with Crippen LogP contribution >= 0.6 is 0 Å². The van der Waals surface area contributed by atoms with Gasteiger partial charge in [-0.15, -0.1) is 0 Å². The molecule has 0 spiro atoms. The number of benzene rings is 1. The molecule has 1 aliphatic rings. The van der Waals surface area contributed by atoms with Crippen molar-refractivity contribution in [3.63, 3.8) is 0 Å². The first kappa shape index (κ1) is 19.6. The number of hydrogen-bond acceptors (Lipinski definition) is 7. The van der Waals surface area contributed by atoms with Crippen LogP contribution in [-0.2, 0) is 17.9 Å². The monoisotopic (exact) mass is 397 g/mol.